The minimum Gasteiger partial charge on any atom is -0.390 e. The molecule has 0 N–H and O–H groups in total. The van der Waals surface area contributed by atoms with E-state index in [1.807, 2.05) is 35.1 Å². The van der Waals surface area contributed by atoms with Crippen molar-refractivity contribution in [3.05, 3.63) is 30.8 Å². The van der Waals surface area contributed by atoms with E-state index in [0.29, 0.717) is 6.01 Å². The van der Waals surface area contributed by atoms with Crippen LogP contribution in [0.3, 0.4) is 0 Å². The van der Waals surface area contributed by atoms with Crippen molar-refractivity contribution in [2.24, 2.45) is 0 Å². The minimum absolute atomic E-state index is 0.564. The lowest BCUT2D eigenvalue weighted by Gasteiger charge is -2.00. The quantitative estimate of drug-likeness (QED) is 0.722. The molecule has 72 valence electrons. The molecule has 0 spiro atoms. The summed E-state index contributed by atoms with van der Waals surface area (Å²) in [4.78, 5) is 4.32. The molecule has 1 aromatic carbocycles. The van der Waals surface area contributed by atoms with Crippen LogP contribution in [0, 0.1) is 0 Å². The van der Waals surface area contributed by atoms with Gasteiger partial charge < -0.3 is 4.18 Å². The summed E-state index contributed by atoms with van der Waals surface area (Å²) >= 11 is 1.27. The smallest absolute Gasteiger partial charge is 0.314 e. The van der Waals surface area contributed by atoms with Crippen LogP contribution in [0.5, 0.6) is 6.01 Å². The van der Waals surface area contributed by atoms with Gasteiger partial charge in [-0.15, -0.1) is 0 Å². The number of hydrogen-bond donors (Lipinski definition) is 0. The third kappa shape index (κ3) is 1.37. The van der Waals surface area contributed by atoms with E-state index in [9.17, 15) is 0 Å². The van der Waals surface area contributed by atoms with Gasteiger partial charge in [-0.2, -0.15) is 4.98 Å². The largest absolute Gasteiger partial charge is 0.390 e. The van der Waals surface area contributed by atoms with Gasteiger partial charge in [0, 0.05) is 12.5 Å². The summed E-state index contributed by atoms with van der Waals surface area (Å²) in [5.74, 6) is 0. The van der Waals surface area contributed by atoms with E-state index < -0.39 is 0 Å². The third-order valence-electron chi connectivity index (χ3n) is 1.90. The average molecular weight is 206 g/mol. The molecule has 1 aromatic heterocycles. The highest BCUT2D eigenvalue weighted by atomic mass is 32.2. The van der Waals surface area contributed by atoms with E-state index in [0.717, 1.165) is 11.0 Å². The molecule has 0 amide bonds. The molecule has 0 saturated heterocycles. The fraction of sp³-hybridized carbons (Fsp3) is 0.100. The maximum atomic E-state index is 5.31. The van der Waals surface area contributed by atoms with E-state index in [4.69, 9.17) is 4.18 Å². The zero-order valence-electron chi connectivity index (χ0n) is 7.80. The molecule has 0 atom stereocenters. The van der Waals surface area contributed by atoms with Crippen LogP contribution in [0.15, 0.2) is 30.8 Å². The van der Waals surface area contributed by atoms with Crippen molar-refractivity contribution in [1.29, 1.82) is 0 Å². The lowest BCUT2D eigenvalue weighted by atomic mass is 10.3. The molecular formula is C10H10N2OS. The lowest BCUT2D eigenvalue weighted by molar-refractivity contribution is 0.585. The van der Waals surface area contributed by atoms with Crippen molar-refractivity contribution in [1.82, 2.24) is 9.55 Å². The highest BCUT2D eigenvalue weighted by Gasteiger charge is 2.08. The molecule has 3 nitrogen and oxygen atoms in total. The Hall–Kier alpha value is -1.42. The number of benzene rings is 1. The van der Waals surface area contributed by atoms with Crippen molar-refractivity contribution in [2.75, 3.05) is 6.26 Å². The second kappa shape index (κ2) is 3.75. The van der Waals surface area contributed by atoms with E-state index in [1.165, 1.54) is 12.0 Å². The van der Waals surface area contributed by atoms with Crippen molar-refractivity contribution >= 4 is 29.3 Å². The van der Waals surface area contributed by atoms with Crippen LogP contribution >= 0.6 is 12.0 Å². The van der Waals surface area contributed by atoms with Crippen molar-refractivity contribution in [2.45, 2.75) is 0 Å². The Bertz CT molecular complexity index is 464. The van der Waals surface area contributed by atoms with Gasteiger partial charge in [-0.1, -0.05) is 18.7 Å². The molecule has 0 aliphatic carbocycles. The Kier molecular flexibility index (Phi) is 2.45. The minimum atomic E-state index is 0.564. The average Bonchev–Trinajstić information content (AvgIpc) is 2.55. The Morgan fingerprint density at radius 1 is 1.50 bits per heavy atom. The van der Waals surface area contributed by atoms with E-state index in [1.54, 1.807) is 6.20 Å². The van der Waals surface area contributed by atoms with E-state index in [-0.39, 0.29) is 0 Å². The maximum absolute atomic E-state index is 5.31. The van der Waals surface area contributed by atoms with Crippen LogP contribution in [0.2, 0.25) is 0 Å². The van der Waals surface area contributed by atoms with Crippen molar-refractivity contribution in [3.63, 3.8) is 0 Å². The topological polar surface area (TPSA) is 27.1 Å². The summed E-state index contributed by atoms with van der Waals surface area (Å²) in [6.45, 7) is 3.73. The molecule has 2 aromatic rings. The van der Waals surface area contributed by atoms with Gasteiger partial charge in [-0.3, -0.25) is 4.57 Å². The van der Waals surface area contributed by atoms with Gasteiger partial charge >= 0.3 is 6.01 Å². The molecule has 0 radical (unpaired) electrons. The predicted molar refractivity (Wildman–Crippen MR) is 60.3 cm³/mol. The van der Waals surface area contributed by atoms with Crippen LogP contribution in [0.25, 0.3) is 17.2 Å². The van der Waals surface area contributed by atoms with Gasteiger partial charge in [0.2, 0.25) is 0 Å². The number of imidazole rings is 1. The molecular weight excluding hydrogens is 196 g/mol. The third-order valence-corrected chi connectivity index (χ3v) is 2.22. The first-order valence-corrected chi connectivity index (χ1v) is 5.32. The van der Waals surface area contributed by atoms with Gasteiger partial charge in [-0.25, -0.2) is 0 Å². The van der Waals surface area contributed by atoms with Crippen LogP contribution in [0.4, 0.5) is 0 Å². The summed E-state index contributed by atoms with van der Waals surface area (Å²) in [5.41, 5.74) is 1.92. The fourth-order valence-corrected chi connectivity index (χ4v) is 1.60. The summed E-state index contributed by atoms with van der Waals surface area (Å²) in [5, 5.41) is 0. The van der Waals surface area contributed by atoms with Crippen LogP contribution in [0.1, 0.15) is 0 Å². The van der Waals surface area contributed by atoms with Gasteiger partial charge in [0.05, 0.1) is 23.1 Å². The molecule has 0 unspecified atom stereocenters. The Labute approximate surface area is 86.6 Å². The number of nitrogens with zero attached hydrogens (tertiary/aromatic N) is 2. The Morgan fingerprint density at radius 2 is 2.29 bits per heavy atom. The van der Waals surface area contributed by atoms with Gasteiger partial charge in [0.1, 0.15) is 0 Å². The van der Waals surface area contributed by atoms with E-state index in [2.05, 4.69) is 11.6 Å². The first-order valence-electron chi connectivity index (χ1n) is 4.17. The van der Waals surface area contributed by atoms with Crippen LogP contribution in [-0.4, -0.2) is 15.8 Å². The normalized spacial score (nSPS) is 10.4. The van der Waals surface area contributed by atoms with Crippen LogP contribution < -0.4 is 4.18 Å². The zero-order chi connectivity index (χ0) is 9.97. The number of fused-ring (bicyclic) bond motifs is 1. The first-order chi connectivity index (χ1) is 6.86. The van der Waals surface area contributed by atoms with Crippen molar-refractivity contribution in [3.8, 4) is 6.01 Å². The molecule has 1 heterocycles. The monoisotopic (exact) mass is 206 g/mol. The first kappa shape index (κ1) is 9.15. The standard InChI is InChI=1S/C10H10N2OS/c1-3-12-9-7-5-4-6-8(9)11-10(12)13-14-2/h3-7H,1H2,2H3. The number of para-hydroxylation sites is 2. The fourth-order valence-electron chi connectivity index (χ4n) is 1.33. The molecule has 4 heteroatoms. The highest BCUT2D eigenvalue weighted by Crippen LogP contribution is 2.22. The lowest BCUT2D eigenvalue weighted by Crippen LogP contribution is -1.90. The van der Waals surface area contributed by atoms with Crippen molar-refractivity contribution < 1.29 is 4.18 Å². The van der Waals surface area contributed by atoms with Gasteiger partial charge in [-0.05, 0) is 12.1 Å². The molecule has 14 heavy (non-hydrogen) atoms. The number of aromatic nitrogens is 2. The number of rotatable bonds is 3. The van der Waals surface area contributed by atoms with Crippen LogP contribution in [-0.2, 0) is 0 Å². The Balaban J connectivity index is 2.65. The predicted octanol–water partition coefficient (Wildman–Crippen LogP) is 2.79. The molecule has 0 aliphatic rings. The molecule has 0 aliphatic heterocycles. The summed E-state index contributed by atoms with van der Waals surface area (Å²) in [7, 11) is 0. The maximum Gasteiger partial charge on any atom is 0.314 e. The molecule has 2 rings (SSSR count). The summed E-state index contributed by atoms with van der Waals surface area (Å²) < 4.78 is 7.14. The van der Waals surface area contributed by atoms with Gasteiger partial charge in [0.15, 0.2) is 0 Å². The highest BCUT2D eigenvalue weighted by molar-refractivity contribution is 7.94. The van der Waals surface area contributed by atoms with E-state index >= 15 is 0 Å². The second-order valence-corrected chi connectivity index (χ2v) is 3.19. The summed E-state index contributed by atoms with van der Waals surface area (Å²) in [6, 6.07) is 8.41. The molecule has 0 saturated carbocycles. The zero-order valence-corrected chi connectivity index (χ0v) is 8.62. The SMILES string of the molecule is C=Cn1c(OSC)nc2ccccc21. The molecule has 0 fully saturated rings. The second-order valence-electron chi connectivity index (χ2n) is 2.69. The summed E-state index contributed by atoms with van der Waals surface area (Å²) in [6.07, 6.45) is 3.55. The Morgan fingerprint density at radius 3 is 3.00 bits per heavy atom. The molecule has 0 bridgehead atoms. The number of hydrogen-bond acceptors (Lipinski definition) is 3. The van der Waals surface area contributed by atoms with Gasteiger partial charge in [0.25, 0.3) is 0 Å².